The van der Waals surface area contributed by atoms with Gasteiger partial charge < -0.3 is 20.7 Å². The van der Waals surface area contributed by atoms with Crippen LogP contribution < -0.4 is 20.7 Å². The van der Waals surface area contributed by atoms with Crippen LogP contribution in [0, 0.1) is 0 Å². The summed E-state index contributed by atoms with van der Waals surface area (Å²) >= 11 is 0. The highest BCUT2D eigenvalue weighted by atomic mass is 32.2. The number of nitrogens with zero attached hydrogens (tertiary/aromatic N) is 4. The number of aromatic nitrogens is 4. The van der Waals surface area contributed by atoms with Gasteiger partial charge in [-0.15, -0.1) is 0 Å². The summed E-state index contributed by atoms with van der Waals surface area (Å²) in [5.74, 6) is 1.56. The zero-order chi connectivity index (χ0) is 28.7. The van der Waals surface area contributed by atoms with Crippen LogP contribution in [-0.2, 0) is 16.4 Å². The quantitative estimate of drug-likeness (QED) is 0.164. The number of anilines is 3. The van der Waals surface area contributed by atoms with Crippen LogP contribution in [-0.4, -0.2) is 66.9 Å². The molecule has 5 rings (SSSR count). The van der Waals surface area contributed by atoms with Crippen LogP contribution in [0.3, 0.4) is 0 Å². The Morgan fingerprint density at radius 1 is 0.951 bits per heavy atom. The lowest BCUT2D eigenvalue weighted by molar-refractivity contribution is 0.417. The Bertz CT molecular complexity index is 1720. The van der Waals surface area contributed by atoms with E-state index in [-0.39, 0.29) is 5.75 Å². The Hall–Kier alpha value is -4.22. The molecule has 0 saturated carbocycles. The first kappa shape index (κ1) is 28.3. The first-order valence-electron chi connectivity index (χ1n) is 13.6. The fourth-order valence-corrected chi connectivity index (χ4v) is 5.17. The molecule has 2 aromatic heterocycles. The van der Waals surface area contributed by atoms with Crippen LogP contribution in [0.2, 0.25) is 0 Å². The summed E-state index contributed by atoms with van der Waals surface area (Å²) in [6, 6.07) is 20.4. The fourth-order valence-electron chi connectivity index (χ4n) is 4.65. The topological polar surface area (TPSA) is 123 Å². The molecule has 5 aromatic rings. The average molecular weight is 574 g/mol. The maximum atomic E-state index is 11.2. The number of nitrogens with one attached hydrogen (secondary N) is 3. The predicted octanol–water partition coefficient (Wildman–Crippen LogP) is 4.61. The molecule has 41 heavy (non-hydrogen) atoms. The highest BCUT2D eigenvalue weighted by molar-refractivity contribution is 7.90. The Morgan fingerprint density at radius 3 is 2.59 bits per heavy atom. The maximum Gasteiger partial charge on any atom is 0.148 e. The van der Waals surface area contributed by atoms with E-state index in [0.29, 0.717) is 24.7 Å². The smallest absolute Gasteiger partial charge is 0.148 e. The predicted molar refractivity (Wildman–Crippen MR) is 165 cm³/mol. The molecular formula is C30H35N7O3S. The Kier molecular flexibility index (Phi) is 8.95. The van der Waals surface area contributed by atoms with Crippen molar-refractivity contribution in [2.24, 2.45) is 0 Å². The van der Waals surface area contributed by atoms with Crippen molar-refractivity contribution in [1.29, 1.82) is 0 Å². The molecule has 0 amide bonds. The lowest BCUT2D eigenvalue weighted by Crippen LogP contribution is -2.23. The van der Waals surface area contributed by atoms with E-state index in [1.165, 1.54) is 11.8 Å². The van der Waals surface area contributed by atoms with Crippen molar-refractivity contribution in [3.63, 3.8) is 0 Å². The second kappa shape index (κ2) is 13.0. The van der Waals surface area contributed by atoms with Gasteiger partial charge in [0.15, 0.2) is 0 Å². The summed E-state index contributed by atoms with van der Waals surface area (Å²) < 4.78 is 30.1. The van der Waals surface area contributed by atoms with E-state index in [4.69, 9.17) is 4.74 Å². The van der Waals surface area contributed by atoms with Crippen LogP contribution in [0.1, 0.15) is 18.4 Å². The molecule has 0 aliphatic heterocycles. The third-order valence-corrected chi connectivity index (χ3v) is 7.73. The van der Waals surface area contributed by atoms with Gasteiger partial charge in [-0.3, -0.25) is 4.68 Å². The number of unbranched alkanes of at least 4 members (excludes halogenated alkanes) is 1. The molecular weight excluding hydrogens is 538 g/mol. The van der Waals surface area contributed by atoms with Gasteiger partial charge in [0.2, 0.25) is 0 Å². The van der Waals surface area contributed by atoms with Gasteiger partial charge in [-0.05, 0) is 55.3 Å². The van der Waals surface area contributed by atoms with Crippen molar-refractivity contribution < 1.29 is 13.2 Å². The molecule has 0 unspecified atom stereocenters. The van der Waals surface area contributed by atoms with E-state index in [0.717, 1.165) is 59.1 Å². The van der Waals surface area contributed by atoms with Crippen LogP contribution in [0.5, 0.6) is 5.75 Å². The van der Waals surface area contributed by atoms with E-state index in [1.54, 1.807) is 13.4 Å². The van der Waals surface area contributed by atoms with E-state index < -0.39 is 9.84 Å². The van der Waals surface area contributed by atoms with Gasteiger partial charge in [-0.25, -0.2) is 18.4 Å². The minimum Gasteiger partial charge on any atom is -0.495 e. The van der Waals surface area contributed by atoms with Gasteiger partial charge in [0.05, 0.1) is 42.3 Å². The molecule has 0 fully saturated rings. The zero-order valence-electron chi connectivity index (χ0n) is 23.3. The van der Waals surface area contributed by atoms with E-state index >= 15 is 0 Å². The summed E-state index contributed by atoms with van der Waals surface area (Å²) in [7, 11) is -1.28. The van der Waals surface area contributed by atoms with Crippen molar-refractivity contribution in [2.75, 3.05) is 49.4 Å². The van der Waals surface area contributed by atoms with Crippen LogP contribution in [0.15, 0.2) is 73.2 Å². The van der Waals surface area contributed by atoms with Crippen LogP contribution in [0.25, 0.3) is 21.8 Å². The molecule has 0 saturated heterocycles. The van der Waals surface area contributed by atoms with Crippen LogP contribution >= 0.6 is 0 Å². The number of benzene rings is 3. The molecule has 214 valence electrons. The molecule has 0 atom stereocenters. The van der Waals surface area contributed by atoms with Gasteiger partial charge in [-0.1, -0.05) is 30.3 Å². The van der Waals surface area contributed by atoms with Gasteiger partial charge in [0, 0.05) is 35.8 Å². The monoisotopic (exact) mass is 573 g/mol. The number of hydrogen-bond acceptors (Lipinski definition) is 9. The molecule has 0 bridgehead atoms. The van der Waals surface area contributed by atoms with Gasteiger partial charge >= 0.3 is 0 Å². The molecule has 10 nitrogen and oxygen atoms in total. The summed E-state index contributed by atoms with van der Waals surface area (Å²) in [6.07, 6.45) is 6.54. The Balaban J connectivity index is 1.24. The molecule has 2 heterocycles. The number of methoxy groups -OCH3 is 1. The average Bonchev–Trinajstić information content (AvgIpc) is 3.35. The molecule has 0 aliphatic carbocycles. The molecule has 11 heteroatoms. The van der Waals surface area contributed by atoms with Crippen molar-refractivity contribution in [1.82, 2.24) is 25.1 Å². The number of hydrogen-bond donors (Lipinski definition) is 3. The summed E-state index contributed by atoms with van der Waals surface area (Å²) in [5, 5.41) is 16.5. The minimum absolute atomic E-state index is 0.159. The van der Waals surface area contributed by atoms with Gasteiger partial charge in [0.25, 0.3) is 0 Å². The highest BCUT2D eigenvalue weighted by Crippen LogP contribution is 2.33. The highest BCUT2D eigenvalue weighted by Gasteiger charge is 2.12. The Labute approximate surface area is 240 Å². The fraction of sp³-hybridized carbons (Fsp3) is 0.300. The van der Waals surface area contributed by atoms with E-state index in [9.17, 15) is 8.42 Å². The lowest BCUT2D eigenvalue weighted by Gasteiger charge is -2.14. The molecule has 0 radical (unpaired) electrons. The summed E-state index contributed by atoms with van der Waals surface area (Å²) in [6.45, 7) is 2.72. The number of rotatable bonds is 14. The van der Waals surface area contributed by atoms with Gasteiger partial charge in [-0.2, -0.15) is 5.10 Å². The SMILES string of the molecule is COc1cc2c(Nc3ccc4c(cnn4Cc4ccccc4)c3)ncnc2cc1NCCCCNCCS(C)(=O)=O. The molecule has 3 N–H and O–H groups in total. The molecule has 0 aliphatic rings. The van der Waals surface area contributed by atoms with Crippen molar-refractivity contribution >= 4 is 48.8 Å². The second-order valence-electron chi connectivity index (χ2n) is 9.99. The maximum absolute atomic E-state index is 11.2. The van der Waals surface area contributed by atoms with Gasteiger partial charge in [0.1, 0.15) is 27.7 Å². The summed E-state index contributed by atoms with van der Waals surface area (Å²) in [5.41, 5.74) is 4.83. The van der Waals surface area contributed by atoms with E-state index in [1.807, 2.05) is 47.3 Å². The number of ether oxygens (including phenoxy) is 1. The Morgan fingerprint density at radius 2 is 1.78 bits per heavy atom. The molecule has 0 spiro atoms. The van der Waals surface area contributed by atoms with Crippen molar-refractivity contribution in [3.8, 4) is 5.75 Å². The first-order chi connectivity index (χ1) is 19.9. The number of fused-ring (bicyclic) bond motifs is 2. The second-order valence-corrected chi connectivity index (χ2v) is 12.3. The first-order valence-corrected chi connectivity index (χ1v) is 15.7. The van der Waals surface area contributed by atoms with Crippen molar-refractivity contribution in [2.45, 2.75) is 19.4 Å². The normalized spacial score (nSPS) is 11.7. The largest absolute Gasteiger partial charge is 0.495 e. The third-order valence-electron chi connectivity index (χ3n) is 6.78. The number of sulfone groups is 1. The third kappa shape index (κ3) is 7.50. The standard InChI is InChI=1S/C30H35N7O3S/c1-40-29-17-25-26(18-27(29)32-13-7-6-12-31-14-15-41(2,38)39)33-21-34-30(25)36-24-10-11-28-23(16-24)19-35-37(28)20-22-8-4-3-5-9-22/h3-5,8-11,16-19,21,31-32H,6-7,12-15,20H2,1-2H3,(H,33,34,36). The summed E-state index contributed by atoms with van der Waals surface area (Å²) in [4.78, 5) is 9.00. The van der Waals surface area contributed by atoms with E-state index in [2.05, 4.69) is 55.3 Å². The lowest BCUT2D eigenvalue weighted by atomic mass is 10.1. The zero-order valence-corrected chi connectivity index (χ0v) is 24.1. The minimum atomic E-state index is -2.93. The van der Waals surface area contributed by atoms with Crippen molar-refractivity contribution in [3.05, 3.63) is 78.8 Å². The molecule has 3 aromatic carbocycles. The van der Waals surface area contributed by atoms with Crippen LogP contribution in [0.4, 0.5) is 17.2 Å².